The largest absolute Gasteiger partial charge is 0.464 e. The molecule has 0 spiro atoms. The van der Waals surface area contributed by atoms with Crippen molar-refractivity contribution in [2.24, 2.45) is 11.3 Å². The maximum absolute atomic E-state index is 14.7. The number of fused-ring (bicyclic) bond motifs is 6. The first kappa shape index (κ1) is 61.1. The summed E-state index contributed by atoms with van der Waals surface area (Å²) >= 11 is 1.41. The first-order chi connectivity index (χ1) is 32.0. The zero-order valence-corrected chi connectivity index (χ0v) is 47.3. The number of methoxy groups -OCH3 is 1. The summed E-state index contributed by atoms with van der Waals surface area (Å²) < 4.78 is 14.2. The number of pyridine rings is 1. The molecule has 7 rings (SSSR count). The van der Waals surface area contributed by atoms with Crippen LogP contribution in [0, 0.1) is 11.3 Å². The molecule has 6 bridgehead atoms. The lowest BCUT2D eigenvalue weighted by Gasteiger charge is -2.40. The van der Waals surface area contributed by atoms with Gasteiger partial charge in [0.05, 0.1) is 34.8 Å². The molecule has 2 saturated heterocycles. The summed E-state index contributed by atoms with van der Waals surface area (Å²) in [7, 11) is 5.04. The summed E-state index contributed by atoms with van der Waals surface area (Å²) in [5, 5.41) is 8.13. The number of piperidine rings is 1. The van der Waals surface area contributed by atoms with E-state index in [0.717, 1.165) is 44.7 Å². The molecule has 3 aromatic heterocycles. The molecule has 4 atom stereocenters. The van der Waals surface area contributed by atoms with Crippen molar-refractivity contribution in [2.75, 3.05) is 47.4 Å². The van der Waals surface area contributed by atoms with Crippen molar-refractivity contribution in [1.82, 2.24) is 45.0 Å². The Balaban J connectivity index is 0.00000333. The van der Waals surface area contributed by atoms with Crippen LogP contribution in [0.3, 0.4) is 0 Å². The van der Waals surface area contributed by atoms with E-state index in [2.05, 4.69) is 66.9 Å². The van der Waals surface area contributed by atoms with Crippen molar-refractivity contribution in [3.63, 3.8) is 0 Å². The highest BCUT2D eigenvalue weighted by molar-refractivity contribution is 7.59. The highest BCUT2D eigenvalue weighted by atomic mass is 32.1. The molecule has 0 radical (unpaired) electrons. The molecule has 4 aromatic rings. The van der Waals surface area contributed by atoms with Crippen molar-refractivity contribution in [3.05, 3.63) is 70.8 Å². The normalized spacial score (nSPS) is 19.1. The fourth-order valence-electron chi connectivity index (χ4n) is 9.86. The molecule has 0 unspecified atom stereocenters. The Labute approximate surface area is 450 Å². The number of aromatic nitrogens is 3. The van der Waals surface area contributed by atoms with Crippen molar-refractivity contribution in [1.29, 1.82) is 0 Å². The average Bonchev–Trinajstić information content (AvgIpc) is 3.92. The lowest BCUT2D eigenvalue weighted by Crippen LogP contribution is -2.62. The molecule has 0 aliphatic carbocycles. The maximum Gasteiger partial charge on any atom is 0.324 e. The van der Waals surface area contributed by atoms with E-state index in [1.165, 1.54) is 27.3 Å². The molecule has 5 amide bonds. The van der Waals surface area contributed by atoms with Gasteiger partial charge in [-0.1, -0.05) is 40.3 Å². The minimum absolute atomic E-state index is 0. The van der Waals surface area contributed by atoms with Gasteiger partial charge in [-0.3, -0.25) is 29.2 Å². The number of likely N-dealkylation sites (tertiary alicyclic amines) is 1. The lowest BCUT2D eigenvalue weighted by atomic mass is 9.84. The van der Waals surface area contributed by atoms with E-state index in [1.54, 1.807) is 37.2 Å². The van der Waals surface area contributed by atoms with Crippen LogP contribution in [0.15, 0.2) is 54.6 Å². The standard InChI is InChI=1S/C50H67N9O7S.4H2S/c1-11-42(60)55(8)33-19-23-57(24-20-33)49(64)56(9)44(30(3)4)46(61)53-38-26-41-52-39(28-67-41)32-17-18-40-35(25-32)36(45(58(40)12-2)34-15-13-21-51-43(34)31(5)65-10)27-50(6,7)29-66-48(63)37-16-14-22-59(54-37)47(38)62;;;;/h11,13,15,17-18,21,25,28,30-31,33,37-38,44,54H,1,12,14,16,19-20,22-24,26-27,29H2,2-10H3,(H,53,61);4*1H2/t31-,37-,38-,44-;;;;/m0..../s1. The van der Waals surface area contributed by atoms with E-state index in [4.69, 9.17) is 19.4 Å². The molecule has 2 N–H and O–H groups in total. The van der Waals surface area contributed by atoms with Gasteiger partial charge < -0.3 is 34.1 Å². The van der Waals surface area contributed by atoms with Crippen LogP contribution in [-0.2, 0) is 48.0 Å². The second kappa shape index (κ2) is 26.1. The third-order valence-electron chi connectivity index (χ3n) is 13.6. The zero-order chi connectivity index (χ0) is 48.3. The van der Waals surface area contributed by atoms with E-state index >= 15 is 0 Å². The number of aryl methyl sites for hydroxylation is 1. The predicted molar refractivity (Wildman–Crippen MR) is 300 cm³/mol. The number of benzene rings is 1. The van der Waals surface area contributed by atoms with Gasteiger partial charge in [-0.05, 0) is 87.8 Å². The number of cyclic esters (lactones) is 1. The monoisotopic (exact) mass is 1070 g/mol. The van der Waals surface area contributed by atoms with Gasteiger partial charge in [-0.25, -0.2) is 15.2 Å². The highest BCUT2D eigenvalue weighted by Crippen LogP contribution is 2.42. The number of hydrazine groups is 1. The van der Waals surface area contributed by atoms with Gasteiger partial charge in [-0.2, -0.15) is 54.0 Å². The van der Waals surface area contributed by atoms with Crippen molar-refractivity contribution < 1.29 is 33.4 Å². The van der Waals surface area contributed by atoms with Crippen molar-refractivity contribution >= 4 is 106 Å². The number of likely N-dealkylation sites (N-methyl/N-ethyl adjacent to an activating group) is 2. The van der Waals surface area contributed by atoms with Crippen LogP contribution in [0.2, 0.25) is 0 Å². The Bertz CT molecular complexity index is 2510. The summed E-state index contributed by atoms with van der Waals surface area (Å²) in [5.41, 5.74) is 9.27. The number of hydrogen-bond acceptors (Lipinski definition) is 11. The van der Waals surface area contributed by atoms with Gasteiger partial charge in [0.2, 0.25) is 11.8 Å². The Morgan fingerprint density at radius 3 is 2.41 bits per heavy atom. The van der Waals surface area contributed by atoms with Crippen LogP contribution in [0.1, 0.15) is 89.6 Å². The number of esters is 1. The molecule has 1 aromatic carbocycles. The molecule has 6 heterocycles. The topological polar surface area (TPSA) is 172 Å². The Morgan fingerprint density at radius 1 is 1.06 bits per heavy atom. The summed E-state index contributed by atoms with van der Waals surface area (Å²) in [6.07, 6.45) is 5.67. The summed E-state index contributed by atoms with van der Waals surface area (Å²) in [6.45, 7) is 17.6. The molecule has 3 aliphatic rings. The molecule has 21 heteroatoms. The van der Waals surface area contributed by atoms with Gasteiger partial charge in [0.15, 0.2) is 0 Å². The van der Waals surface area contributed by atoms with E-state index < -0.39 is 41.3 Å². The quantitative estimate of drug-likeness (QED) is 0.127. The maximum atomic E-state index is 14.7. The second-order valence-corrected chi connectivity index (χ2v) is 20.2. The number of carbonyl (C=O) groups is 5. The summed E-state index contributed by atoms with van der Waals surface area (Å²) in [6, 6.07) is 7.30. The fourth-order valence-corrected chi connectivity index (χ4v) is 10.7. The summed E-state index contributed by atoms with van der Waals surface area (Å²) in [4.78, 5) is 84.0. The molecule has 3 aliphatic heterocycles. The van der Waals surface area contributed by atoms with Crippen LogP contribution in [-0.4, -0.2) is 136 Å². The summed E-state index contributed by atoms with van der Waals surface area (Å²) in [5.74, 6) is -1.83. The number of rotatable bonds is 10. The van der Waals surface area contributed by atoms with Crippen LogP contribution in [0.4, 0.5) is 4.79 Å². The van der Waals surface area contributed by atoms with Gasteiger partial charge in [0.25, 0.3) is 5.91 Å². The van der Waals surface area contributed by atoms with Gasteiger partial charge >= 0.3 is 12.0 Å². The SMILES string of the molecule is C=CC(=O)N(C)C1CCN(C(=O)N(C)[C@H](C(=O)N[C@H]2Cc3nc(cs3)-c3ccc4c(c3)c(c(-c3cccnc3[C@H](C)OC)n4CC)CC(C)(C)COC(=O)[C@@H]3CCCN(N3)C2=O)C(C)C)CC1.S.S.S.S. The number of carbonyl (C=O) groups excluding carboxylic acids is 5. The second-order valence-electron chi connectivity index (χ2n) is 19.2. The van der Waals surface area contributed by atoms with Gasteiger partial charge in [0.1, 0.15) is 18.1 Å². The molecule has 0 saturated carbocycles. The van der Waals surface area contributed by atoms with Crippen molar-refractivity contribution in [2.45, 2.75) is 117 Å². The van der Waals surface area contributed by atoms with Crippen LogP contribution in [0.5, 0.6) is 0 Å². The van der Waals surface area contributed by atoms with Crippen molar-refractivity contribution in [3.8, 4) is 22.5 Å². The number of nitrogens with one attached hydrogen (secondary N) is 2. The lowest BCUT2D eigenvalue weighted by molar-refractivity contribution is -0.155. The number of urea groups is 1. The van der Waals surface area contributed by atoms with Crippen LogP contribution >= 0.6 is 65.3 Å². The first-order valence-electron chi connectivity index (χ1n) is 23.5. The van der Waals surface area contributed by atoms with E-state index in [0.29, 0.717) is 63.3 Å². The van der Waals surface area contributed by atoms with E-state index in [9.17, 15) is 24.0 Å². The number of amides is 5. The smallest absolute Gasteiger partial charge is 0.324 e. The molecular formula is C50H75N9O7S5. The third-order valence-corrected chi connectivity index (χ3v) is 14.5. The molecule has 16 nitrogen and oxygen atoms in total. The third kappa shape index (κ3) is 13.3. The van der Waals surface area contributed by atoms with Gasteiger partial charge in [0, 0.05) is 98.9 Å². The minimum atomic E-state index is -1.08. The predicted octanol–water partition coefficient (Wildman–Crippen LogP) is 6.84. The number of ether oxygens (including phenoxy) is 2. The van der Waals surface area contributed by atoms with Gasteiger partial charge in [-0.15, -0.1) is 11.3 Å². The molecular weight excluding hydrogens is 999 g/mol. The highest BCUT2D eigenvalue weighted by Gasteiger charge is 2.39. The number of thiazole rings is 1. The fraction of sp³-hybridized carbons (Fsp3) is 0.540. The van der Waals surface area contributed by atoms with E-state index in [1.807, 2.05) is 32.2 Å². The molecule has 392 valence electrons. The Kier molecular flexibility index (Phi) is 22.5. The average molecular weight is 1070 g/mol. The minimum Gasteiger partial charge on any atom is -0.464 e. The first-order valence-corrected chi connectivity index (χ1v) is 24.4. The molecule has 71 heavy (non-hydrogen) atoms. The number of hydrogen-bond donors (Lipinski definition) is 2. The zero-order valence-electron chi connectivity index (χ0n) is 42.5. The Morgan fingerprint density at radius 2 is 1.76 bits per heavy atom. The number of nitrogens with zero attached hydrogens (tertiary/aromatic N) is 7. The molecule has 2 fully saturated rings. The van der Waals surface area contributed by atoms with E-state index in [-0.39, 0.29) is 97.0 Å². The van der Waals surface area contributed by atoms with Crippen LogP contribution < -0.4 is 10.7 Å². The Hall–Kier alpha value is -4.25. The van der Waals surface area contributed by atoms with Crippen LogP contribution in [0.25, 0.3) is 33.4 Å².